The Morgan fingerprint density at radius 2 is 2.00 bits per heavy atom. The van der Waals surface area contributed by atoms with Gasteiger partial charge in [-0.3, -0.25) is 14.5 Å². The number of carbonyl (C=O) groups excluding carboxylic acids is 1. The lowest BCUT2D eigenvalue weighted by atomic mass is 10.1. The molecule has 0 atom stereocenters. The molecule has 0 aliphatic rings. The van der Waals surface area contributed by atoms with Crippen molar-refractivity contribution in [2.24, 2.45) is 0 Å². The van der Waals surface area contributed by atoms with Gasteiger partial charge in [0.15, 0.2) is 0 Å². The molecule has 0 aliphatic heterocycles. The molecule has 0 aromatic carbocycles. The summed E-state index contributed by atoms with van der Waals surface area (Å²) >= 11 is 0. The topological polar surface area (TPSA) is 47.8 Å². The fraction of sp³-hybridized carbons (Fsp3) is 0.438. The third-order valence-electron chi connectivity index (χ3n) is 3.40. The predicted octanol–water partition coefficient (Wildman–Crippen LogP) is 2.60. The summed E-state index contributed by atoms with van der Waals surface area (Å²) in [7, 11) is 0. The number of ketones is 1. The SMILES string of the molecule is CCc1cc(CC(=O)CCc2ccncc2)n(CC)n1. The van der Waals surface area contributed by atoms with Crippen LogP contribution in [0.1, 0.15) is 37.2 Å². The first-order valence-corrected chi connectivity index (χ1v) is 7.19. The number of aryl methyl sites for hydroxylation is 3. The van der Waals surface area contributed by atoms with Crippen molar-refractivity contribution < 1.29 is 4.79 Å². The van der Waals surface area contributed by atoms with Crippen molar-refractivity contribution in [2.75, 3.05) is 0 Å². The summed E-state index contributed by atoms with van der Waals surface area (Å²) in [5, 5.41) is 4.47. The van der Waals surface area contributed by atoms with E-state index in [4.69, 9.17) is 0 Å². The zero-order valence-corrected chi connectivity index (χ0v) is 12.2. The molecule has 0 unspecified atom stereocenters. The average Bonchev–Trinajstić information content (AvgIpc) is 2.88. The van der Waals surface area contributed by atoms with E-state index in [0.29, 0.717) is 12.8 Å². The quantitative estimate of drug-likeness (QED) is 0.777. The van der Waals surface area contributed by atoms with E-state index in [1.54, 1.807) is 12.4 Å². The number of hydrogen-bond acceptors (Lipinski definition) is 3. The second-order valence-corrected chi connectivity index (χ2v) is 4.87. The van der Waals surface area contributed by atoms with Gasteiger partial charge < -0.3 is 0 Å². The maximum atomic E-state index is 12.1. The van der Waals surface area contributed by atoms with Crippen molar-refractivity contribution in [3.63, 3.8) is 0 Å². The normalized spacial score (nSPS) is 10.7. The van der Waals surface area contributed by atoms with Crippen LogP contribution < -0.4 is 0 Å². The van der Waals surface area contributed by atoms with Gasteiger partial charge >= 0.3 is 0 Å². The van der Waals surface area contributed by atoms with Gasteiger partial charge in [-0.2, -0.15) is 5.10 Å². The minimum atomic E-state index is 0.263. The number of hydrogen-bond donors (Lipinski definition) is 0. The molecule has 0 saturated carbocycles. The first-order chi connectivity index (χ1) is 9.72. The highest BCUT2D eigenvalue weighted by molar-refractivity contribution is 5.80. The number of carbonyl (C=O) groups is 1. The molecule has 0 bridgehead atoms. The molecule has 2 rings (SSSR count). The summed E-state index contributed by atoms with van der Waals surface area (Å²) in [5.41, 5.74) is 3.25. The van der Waals surface area contributed by atoms with Crippen LogP contribution in [0.5, 0.6) is 0 Å². The van der Waals surface area contributed by atoms with Crippen LogP contribution in [0.15, 0.2) is 30.6 Å². The van der Waals surface area contributed by atoms with E-state index >= 15 is 0 Å². The molecule has 0 fully saturated rings. The van der Waals surface area contributed by atoms with Gasteiger partial charge in [-0.15, -0.1) is 0 Å². The smallest absolute Gasteiger partial charge is 0.139 e. The summed E-state index contributed by atoms with van der Waals surface area (Å²) in [6, 6.07) is 5.96. The third-order valence-corrected chi connectivity index (χ3v) is 3.40. The minimum absolute atomic E-state index is 0.263. The molecule has 0 aliphatic carbocycles. The molecule has 0 N–H and O–H groups in total. The van der Waals surface area contributed by atoms with Gasteiger partial charge in [0, 0.05) is 37.5 Å². The van der Waals surface area contributed by atoms with Crippen LogP contribution in [0, 0.1) is 0 Å². The fourth-order valence-electron chi connectivity index (χ4n) is 2.23. The lowest BCUT2D eigenvalue weighted by Gasteiger charge is -2.04. The van der Waals surface area contributed by atoms with Crippen molar-refractivity contribution in [1.29, 1.82) is 0 Å². The maximum Gasteiger partial charge on any atom is 0.139 e. The average molecular weight is 271 g/mol. The molecule has 2 heterocycles. The van der Waals surface area contributed by atoms with Crippen LogP contribution in [0.2, 0.25) is 0 Å². The van der Waals surface area contributed by atoms with Gasteiger partial charge in [-0.05, 0) is 43.5 Å². The van der Waals surface area contributed by atoms with Gasteiger partial charge in [-0.1, -0.05) is 6.92 Å². The van der Waals surface area contributed by atoms with Crippen LogP contribution in [-0.2, 0) is 30.6 Å². The summed E-state index contributed by atoms with van der Waals surface area (Å²) in [5.74, 6) is 0.263. The molecule has 0 spiro atoms. The number of rotatable bonds is 7. The Bertz CT molecular complexity index is 560. The van der Waals surface area contributed by atoms with Crippen LogP contribution >= 0.6 is 0 Å². The first kappa shape index (κ1) is 14.4. The van der Waals surface area contributed by atoms with Crippen LogP contribution in [0.3, 0.4) is 0 Å². The van der Waals surface area contributed by atoms with E-state index in [0.717, 1.165) is 36.3 Å². The summed E-state index contributed by atoms with van der Waals surface area (Å²) in [6.07, 6.45) is 6.26. The Kier molecular flexibility index (Phi) is 5.04. The zero-order chi connectivity index (χ0) is 14.4. The molecule has 2 aromatic heterocycles. The highest BCUT2D eigenvalue weighted by atomic mass is 16.1. The highest BCUT2D eigenvalue weighted by Gasteiger charge is 2.10. The first-order valence-electron chi connectivity index (χ1n) is 7.19. The van der Waals surface area contributed by atoms with E-state index in [1.807, 2.05) is 22.9 Å². The number of aromatic nitrogens is 3. The lowest BCUT2D eigenvalue weighted by molar-refractivity contribution is -0.118. The van der Waals surface area contributed by atoms with Crippen LogP contribution in [0.25, 0.3) is 0 Å². The Labute approximate surface area is 119 Å². The number of Topliss-reactive ketones (excluding diaryl/α,β-unsaturated/α-hetero) is 1. The van der Waals surface area contributed by atoms with Gasteiger partial charge in [-0.25, -0.2) is 0 Å². The van der Waals surface area contributed by atoms with Gasteiger partial charge in [0.05, 0.1) is 5.69 Å². The lowest BCUT2D eigenvalue weighted by Crippen LogP contribution is -2.10. The molecule has 0 amide bonds. The van der Waals surface area contributed by atoms with Crippen molar-refractivity contribution in [3.8, 4) is 0 Å². The van der Waals surface area contributed by atoms with E-state index in [9.17, 15) is 4.79 Å². The summed E-state index contributed by atoms with van der Waals surface area (Å²) in [4.78, 5) is 16.1. The fourth-order valence-corrected chi connectivity index (χ4v) is 2.23. The van der Waals surface area contributed by atoms with Crippen LogP contribution in [-0.4, -0.2) is 20.5 Å². The largest absolute Gasteiger partial charge is 0.299 e. The number of pyridine rings is 1. The van der Waals surface area contributed by atoms with E-state index in [1.165, 1.54) is 0 Å². The van der Waals surface area contributed by atoms with Crippen LogP contribution in [0.4, 0.5) is 0 Å². The highest BCUT2D eigenvalue weighted by Crippen LogP contribution is 2.09. The van der Waals surface area contributed by atoms with Gasteiger partial charge in [0.25, 0.3) is 0 Å². The predicted molar refractivity (Wildman–Crippen MR) is 78.5 cm³/mol. The molecular weight excluding hydrogens is 250 g/mol. The monoisotopic (exact) mass is 271 g/mol. The summed E-state index contributed by atoms with van der Waals surface area (Å²) < 4.78 is 1.93. The van der Waals surface area contributed by atoms with Crippen molar-refractivity contribution >= 4 is 5.78 Å². The van der Waals surface area contributed by atoms with Gasteiger partial charge in [0.1, 0.15) is 5.78 Å². The molecular formula is C16H21N3O. The van der Waals surface area contributed by atoms with Crippen molar-refractivity contribution in [1.82, 2.24) is 14.8 Å². The standard InChI is InChI=1S/C16H21N3O/c1-3-14-11-15(19(4-2)18-14)12-16(20)6-5-13-7-9-17-10-8-13/h7-11H,3-6,12H2,1-2H3. The molecule has 4 heteroatoms. The second kappa shape index (κ2) is 6.98. The molecule has 106 valence electrons. The molecule has 20 heavy (non-hydrogen) atoms. The van der Waals surface area contributed by atoms with Gasteiger partial charge in [0.2, 0.25) is 0 Å². The number of nitrogens with zero attached hydrogens (tertiary/aromatic N) is 3. The van der Waals surface area contributed by atoms with Crippen molar-refractivity contribution in [3.05, 3.63) is 47.5 Å². The zero-order valence-electron chi connectivity index (χ0n) is 12.2. The Morgan fingerprint density at radius 1 is 1.25 bits per heavy atom. The Hall–Kier alpha value is -1.97. The second-order valence-electron chi connectivity index (χ2n) is 4.87. The molecule has 0 radical (unpaired) electrons. The van der Waals surface area contributed by atoms with Crippen molar-refractivity contribution in [2.45, 2.75) is 46.1 Å². The maximum absolute atomic E-state index is 12.1. The summed E-state index contributed by atoms with van der Waals surface area (Å²) in [6.45, 7) is 4.95. The third kappa shape index (κ3) is 3.76. The van der Waals surface area contributed by atoms with E-state index in [2.05, 4.69) is 23.9 Å². The Balaban J connectivity index is 1.92. The molecule has 2 aromatic rings. The van der Waals surface area contributed by atoms with E-state index in [-0.39, 0.29) is 5.78 Å². The van der Waals surface area contributed by atoms with E-state index < -0.39 is 0 Å². The minimum Gasteiger partial charge on any atom is -0.299 e. The molecule has 0 saturated heterocycles. The Morgan fingerprint density at radius 3 is 2.65 bits per heavy atom. The molecule has 4 nitrogen and oxygen atoms in total.